The van der Waals surface area contributed by atoms with Crippen molar-refractivity contribution in [2.75, 3.05) is 6.54 Å². The summed E-state index contributed by atoms with van der Waals surface area (Å²) in [4.78, 5) is 1.52. The zero-order valence-electron chi connectivity index (χ0n) is 11.5. The van der Waals surface area contributed by atoms with Gasteiger partial charge in [0.2, 0.25) is 0 Å². The monoisotopic (exact) mass is 329 g/mol. The molecule has 1 nitrogen and oxygen atoms in total. The first kappa shape index (κ1) is 14.5. The Balaban J connectivity index is 2.15. The molecular weight excluding hydrogens is 306 g/mol. The molecule has 1 saturated carbocycles. The maximum atomic E-state index is 3.73. The van der Waals surface area contributed by atoms with E-state index in [2.05, 4.69) is 41.2 Å². The SMILES string of the molecule is CCNC(c1cc(C)c(Br)s1)C1CCCCCC1. The largest absolute Gasteiger partial charge is 0.309 e. The Hall–Kier alpha value is 0.140. The van der Waals surface area contributed by atoms with Gasteiger partial charge in [0, 0.05) is 10.9 Å². The van der Waals surface area contributed by atoms with Crippen molar-refractivity contribution in [3.8, 4) is 0 Å². The van der Waals surface area contributed by atoms with Crippen LogP contribution in [0.3, 0.4) is 0 Å². The van der Waals surface area contributed by atoms with Crippen molar-refractivity contribution in [3.05, 3.63) is 20.3 Å². The molecule has 0 radical (unpaired) electrons. The molecule has 1 aromatic heterocycles. The van der Waals surface area contributed by atoms with Crippen LogP contribution in [-0.4, -0.2) is 6.54 Å². The molecule has 0 bridgehead atoms. The van der Waals surface area contributed by atoms with Gasteiger partial charge in [-0.05, 0) is 59.8 Å². The predicted molar refractivity (Wildman–Crippen MR) is 84.4 cm³/mol. The van der Waals surface area contributed by atoms with Gasteiger partial charge in [-0.15, -0.1) is 11.3 Å². The number of rotatable bonds is 4. The van der Waals surface area contributed by atoms with Gasteiger partial charge in [-0.3, -0.25) is 0 Å². The summed E-state index contributed by atoms with van der Waals surface area (Å²) in [6.07, 6.45) is 8.49. The van der Waals surface area contributed by atoms with Gasteiger partial charge in [0.05, 0.1) is 3.79 Å². The standard InChI is InChI=1S/C15H24BrNS/c1-3-17-14(12-8-6-4-5-7-9-12)13-10-11(2)15(16)18-13/h10,12,14,17H,3-9H2,1-2H3. The minimum atomic E-state index is 0.572. The molecule has 0 aromatic carbocycles. The van der Waals surface area contributed by atoms with Crippen LogP contribution in [0.25, 0.3) is 0 Å². The Morgan fingerprint density at radius 2 is 2.00 bits per heavy atom. The Bertz CT molecular complexity index is 347. The Kier molecular flexibility index (Phi) is 5.71. The second kappa shape index (κ2) is 7.06. The normalized spacial score (nSPS) is 19.7. The first-order valence-corrected chi connectivity index (χ1v) is 8.82. The van der Waals surface area contributed by atoms with Crippen LogP contribution in [0.5, 0.6) is 0 Å². The van der Waals surface area contributed by atoms with Crippen molar-refractivity contribution in [3.63, 3.8) is 0 Å². The van der Waals surface area contributed by atoms with Gasteiger partial charge in [-0.2, -0.15) is 0 Å². The fourth-order valence-electron chi connectivity index (χ4n) is 3.00. The summed E-state index contributed by atoms with van der Waals surface area (Å²) in [6, 6.07) is 2.94. The van der Waals surface area contributed by atoms with E-state index in [4.69, 9.17) is 0 Å². The van der Waals surface area contributed by atoms with E-state index in [-0.39, 0.29) is 0 Å². The van der Waals surface area contributed by atoms with Crippen LogP contribution in [0.4, 0.5) is 0 Å². The number of thiophene rings is 1. The molecule has 1 N–H and O–H groups in total. The van der Waals surface area contributed by atoms with Crippen LogP contribution in [0, 0.1) is 12.8 Å². The summed E-state index contributed by atoms with van der Waals surface area (Å²) >= 11 is 5.58. The molecule has 1 aliphatic rings. The van der Waals surface area contributed by atoms with Gasteiger partial charge in [0.25, 0.3) is 0 Å². The highest BCUT2D eigenvalue weighted by atomic mass is 79.9. The zero-order valence-corrected chi connectivity index (χ0v) is 13.9. The van der Waals surface area contributed by atoms with Crippen LogP contribution in [0.15, 0.2) is 9.85 Å². The van der Waals surface area contributed by atoms with E-state index in [0.717, 1.165) is 12.5 Å². The first-order chi connectivity index (χ1) is 8.72. The highest BCUT2D eigenvalue weighted by Gasteiger charge is 2.25. The number of nitrogens with one attached hydrogen (secondary N) is 1. The molecule has 1 aliphatic carbocycles. The second-order valence-corrected chi connectivity index (χ2v) is 7.79. The smallest absolute Gasteiger partial charge is 0.0731 e. The number of hydrogen-bond donors (Lipinski definition) is 1. The Morgan fingerprint density at radius 3 is 2.50 bits per heavy atom. The van der Waals surface area contributed by atoms with Crippen LogP contribution in [-0.2, 0) is 0 Å². The lowest BCUT2D eigenvalue weighted by atomic mass is 9.90. The van der Waals surface area contributed by atoms with Gasteiger partial charge in [-0.25, -0.2) is 0 Å². The van der Waals surface area contributed by atoms with Crippen molar-refractivity contribution in [2.24, 2.45) is 5.92 Å². The topological polar surface area (TPSA) is 12.0 Å². The van der Waals surface area contributed by atoms with Crippen LogP contribution < -0.4 is 5.32 Å². The van der Waals surface area contributed by atoms with Crippen molar-refractivity contribution < 1.29 is 0 Å². The third-order valence-electron chi connectivity index (χ3n) is 3.98. The maximum absolute atomic E-state index is 3.73. The molecule has 0 saturated heterocycles. The minimum absolute atomic E-state index is 0.572. The summed E-state index contributed by atoms with van der Waals surface area (Å²) in [5, 5.41) is 3.73. The van der Waals surface area contributed by atoms with Crippen molar-refractivity contribution in [1.29, 1.82) is 0 Å². The molecule has 2 rings (SSSR count). The molecule has 0 aliphatic heterocycles. The Morgan fingerprint density at radius 1 is 1.33 bits per heavy atom. The molecule has 1 aromatic rings. The lowest BCUT2D eigenvalue weighted by Gasteiger charge is -2.26. The van der Waals surface area contributed by atoms with Crippen LogP contribution >= 0.6 is 27.3 Å². The molecule has 18 heavy (non-hydrogen) atoms. The number of halogens is 1. The average Bonchev–Trinajstić information content (AvgIpc) is 2.60. The zero-order chi connectivity index (χ0) is 13.0. The second-order valence-electron chi connectivity index (χ2n) is 5.39. The van der Waals surface area contributed by atoms with Crippen LogP contribution in [0.1, 0.15) is 61.9 Å². The summed E-state index contributed by atoms with van der Waals surface area (Å²) < 4.78 is 1.30. The molecule has 0 amide bonds. The summed E-state index contributed by atoms with van der Waals surface area (Å²) in [7, 11) is 0. The van der Waals surface area contributed by atoms with Gasteiger partial charge < -0.3 is 5.32 Å². The average molecular weight is 330 g/mol. The molecule has 1 atom stereocenters. The summed E-state index contributed by atoms with van der Waals surface area (Å²) in [6.45, 7) is 5.48. The molecule has 1 fully saturated rings. The van der Waals surface area contributed by atoms with Gasteiger partial charge in [0.1, 0.15) is 0 Å². The van der Waals surface area contributed by atoms with E-state index in [0.29, 0.717) is 6.04 Å². The number of hydrogen-bond acceptors (Lipinski definition) is 2. The third-order valence-corrected chi connectivity index (χ3v) is 6.20. The van der Waals surface area contributed by atoms with E-state index in [1.807, 2.05) is 11.3 Å². The van der Waals surface area contributed by atoms with E-state index in [9.17, 15) is 0 Å². The van der Waals surface area contributed by atoms with E-state index in [1.54, 1.807) is 0 Å². The molecule has 3 heteroatoms. The fraction of sp³-hybridized carbons (Fsp3) is 0.733. The van der Waals surface area contributed by atoms with Crippen molar-refractivity contribution >= 4 is 27.3 Å². The van der Waals surface area contributed by atoms with Crippen LogP contribution in [0.2, 0.25) is 0 Å². The van der Waals surface area contributed by atoms with Crippen molar-refractivity contribution in [1.82, 2.24) is 5.32 Å². The van der Waals surface area contributed by atoms with Gasteiger partial charge in [-0.1, -0.05) is 32.6 Å². The maximum Gasteiger partial charge on any atom is 0.0731 e. The quantitative estimate of drug-likeness (QED) is 0.725. The molecule has 0 spiro atoms. The van der Waals surface area contributed by atoms with Gasteiger partial charge in [0.15, 0.2) is 0 Å². The first-order valence-electron chi connectivity index (χ1n) is 7.21. The molecule has 1 unspecified atom stereocenters. The van der Waals surface area contributed by atoms with E-state index >= 15 is 0 Å². The van der Waals surface area contributed by atoms with E-state index in [1.165, 1.54) is 52.8 Å². The minimum Gasteiger partial charge on any atom is -0.309 e. The summed E-state index contributed by atoms with van der Waals surface area (Å²) in [5.74, 6) is 0.831. The summed E-state index contributed by atoms with van der Waals surface area (Å²) in [5.41, 5.74) is 1.38. The third kappa shape index (κ3) is 3.58. The highest BCUT2D eigenvalue weighted by molar-refractivity contribution is 9.11. The van der Waals surface area contributed by atoms with E-state index < -0.39 is 0 Å². The fourth-order valence-corrected chi connectivity index (χ4v) is 4.74. The molecular formula is C15H24BrNS. The predicted octanol–water partition coefficient (Wildman–Crippen LogP) is 5.44. The Labute approximate surface area is 123 Å². The van der Waals surface area contributed by atoms with Gasteiger partial charge >= 0.3 is 0 Å². The van der Waals surface area contributed by atoms with Crippen molar-refractivity contribution in [2.45, 2.75) is 58.4 Å². The lowest BCUT2D eigenvalue weighted by molar-refractivity contribution is 0.334. The lowest BCUT2D eigenvalue weighted by Crippen LogP contribution is -2.27. The molecule has 102 valence electrons. The number of aryl methyl sites for hydroxylation is 1. The highest BCUT2D eigenvalue weighted by Crippen LogP contribution is 2.39. The molecule has 1 heterocycles.